The normalized spacial score (nSPS) is 17.8. The van der Waals surface area contributed by atoms with Crippen LogP contribution in [0.3, 0.4) is 0 Å². The lowest BCUT2D eigenvalue weighted by Crippen LogP contribution is -2.36. The topological polar surface area (TPSA) is 57.7 Å². The maximum atomic E-state index is 13.6. The van der Waals surface area contributed by atoms with Gasteiger partial charge in [-0.15, -0.1) is 0 Å². The number of fused-ring (bicyclic) bond motifs is 2. The molecule has 1 atom stereocenters. The van der Waals surface area contributed by atoms with Gasteiger partial charge >= 0.3 is 0 Å². The van der Waals surface area contributed by atoms with Crippen LogP contribution in [0.2, 0.25) is 0 Å². The van der Waals surface area contributed by atoms with E-state index in [1.54, 1.807) is 59.5 Å². The summed E-state index contributed by atoms with van der Waals surface area (Å²) in [5.74, 6) is -0.744. The molecule has 0 unspecified atom stereocenters. The Morgan fingerprint density at radius 3 is 2.39 bits per heavy atom. The molecular weight excluding hydrogens is 439 g/mol. The molecule has 0 N–H and O–H groups in total. The van der Waals surface area contributed by atoms with Gasteiger partial charge in [0.05, 0.1) is 38.4 Å². The van der Waals surface area contributed by atoms with Gasteiger partial charge in [-0.05, 0) is 67.3 Å². The van der Waals surface area contributed by atoms with Gasteiger partial charge in [-0.25, -0.2) is 8.60 Å². The predicted molar refractivity (Wildman–Crippen MR) is 124 cm³/mol. The lowest BCUT2D eigenvalue weighted by atomic mass is 10.1. The van der Waals surface area contributed by atoms with E-state index in [-0.39, 0.29) is 24.2 Å². The number of halogens is 1. The van der Waals surface area contributed by atoms with Gasteiger partial charge in [0.1, 0.15) is 5.82 Å². The van der Waals surface area contributed by atoms with Gasteiger partial charge in [-0.1, -0.05) is 24.3 Å². The van der Waals surface area contributed by atoms with E-state index in [1.807, 2.05) is 4.90 Å². The molecule has 2 heterocycles. The van der Waals surface area contributed by atoms with E-state index in [0.717, 1.165) is 24.8 Å². The van der Waals surface area contributed by atoms with Crippen LogP contribution in [0.4, 0.5) is 10.1 Å². The van der Waals surface area contributed by atoms with Crippen molar-refractivity contribution in [1.29, 1.82) is 0 Å². The van der Waals surface area contributed by atoms with Crippen molar-refractivity contribution in [2.75, 3.05) is 18.0 Å². The first kappa shape index (κ1) is 21.5. The number of hydrogen-bond acceptors (Lipinski definition) is 3. The van der Waals surface area contributed by atoms with Crippen LogP contribution in [-0.2, 0) is 17.3 Å². The van der Waals surface area contributed by atoms with Crippen molar-refractivity contribution in [1.82, 2.24) is 4.90 Å². The second-order valence-electron chi connectivity index (χ2n) is 8.32. The predicted octanol–water partition coefficient (Wildman–Crippen LogP) is 4.78. The van der Waals surface area contributed by atoms with Crippen molar-refractivity contribution >= 4 is 28.3 Å². The zero-order valence-electron chi connectivity index (χ0n) is 18.0. The minimum atomic E-state index is -1.58. The van der Waals surface area contributed by atoms with Crippen molar-refractivity contribution in [3.63, 3.8) is 0 Å². The fourth-order valence-corrected chi connectivity index (χ4v) is 5.75. The van der Waals surface area contributed by atoms with E-state index in [4.69, 9.17) is 0 Å². The van der Waals surface area contributed by atoms with Gasteiger partial charge in [0, 0.05) is 18.7 Å². The summed E-state index contributed by atoms with van der Waals surface area (Å²) < 4.78 is 26.9. The Bertz CT molecular complexity index is 1250. The third kappa shape index (κ3) is 4.09. The van der Waals surface area contributed by atoms with Crippen molar-refractivity contribution in [2.45, 2.75) is 35.6 Å². The minimum absolute atomic E-state index is 0.0841. The summed E-state index contributed by atoms with van der Waals surface area (Å²) in [6, 6.07) is 17.9. The molecule has 0 radical (unpaired) electrons. The highest BCUT2D eigenvalue weighted by molar-refractivity contribution is 7.85. The van der Waals surface area contributed by atoms with E-state index in [1.165, 1.54) is 12.1 Å². The average molecular weight is 463 g/mol. The number of carbonyl (C=O) groups excluding carboxylic acids is 2. The van der Waals surface area contributed by atoms with Gasteiger partial charge in [0.25, 0.3) is 11.8 Å². The lowest BCUT2D eigenvalue weighted by molar-refractivity contribution is 0.0724. The van der Waals surface area contributed by atoms with Crippen LogP contribution in [0, 0.1) is 5.82 Å². The molecule has 168 valence electrons. The van der Waals surface area contributed by atoms with Crippen molar-refractivity contribution in [3.8, 4) is 0 Å². The molecule has 2 aliphatic heterocycles. The average Bonchev–Trinajstić information content (AvgIpc) is 2.95. The minimum Gasteiger partial charge on any atom is -0.339 e. The number of amides is 2. The van der Waals surface area contributed by atoms with Crippen molar-refractivity contribution in [3.05, 3.63) is 89.2 Å². The van der Waals surface area contributed by atoms with E-state index in [0.29, 0.717) is 39.7 Å². The second-order valence-corrected chi connectivity index (χ2v) is 9.74. The molecule has 3 aromatic rings. The molecule has 0 spiro atoms. The molecule has 7 heteroatoms. The summed E-state index contributed by atoms with van der Waals surface area (Å²) in [6.07, 6.45) is 3.07. The van der Waals surface area contributed by atoms with E-state index < -0.39 is 10.8 Å². The SMILES string of the molecule is O=C(c1ccc2c(c1)N(Cc1ccc(F)cc1)C(=O)c1ccccc1[S@]2=O)N1CCCCC1. The second kappa shape index (κ2) is 8.90. The maximum Gasteiger partial charge on any atom is 0.259 e. The van der Waals surface area contributed by atoms with E-state index in [9.17, 15) is 18.2 Å². The molecule has 2 aliphatic rings. The van der Waals surface area contributed by atoms with Gasteiger partial charge < -0.3 is 9.80 Å². The van der Waals surface area contributed by atoms with Crippen LogP contribution < -0.4 is 4.90 Å². The highest BCUT2D eigenvalue weighted by Crippen LogP contribution is 2.36. The van der Waals surface area contributed by atoms with Crippen molar-refractivity contribution < 1.29 is 18.2 Å². The summed E-state index contributed by atoms with van der Waals surface area (Å²) >= 11 is 0. The Morgan fingerprint density at radius 2 is 1.64 bits per heavy atom. The van der Waals surface area contributed by atoms with E-state index in [2.05, 4.69) is 0 Å². The number of nitrogens with zero attached hydrogens (tertiary/aromatic N) is 2. The number of anilines is 1. The largest absolute Gasteiger partial charge is 0.339 e. The van der Waals surface area contributed by atoms with Crippen molar-refractivity contribution in [2.24, 2.45) is 0 Å². The standard InChI is InChI=1S/C26H23FN2O3S/c27-20-11-8-18(9-12-20)17-29-22-16-19(25(30)28-14-4-1-5-15-28)10-13-24(22)33(32)23-7-3-2-6-21(23)26(29)31/h2-3,6-13,16H,1,4-5,14-15,17H2/t33-/m1/s1. The molecule has 1 saturated heterocycles. The number of rotatable bonds is 3. The number of carbonyl (C=O) groups is 2. The van der Waals surface area contributed by atoms with Crippen LogP contribution >= 0.6 is 0 Å². The fourth-order valence-electron chi connectivity index (χ4n) is 4.41. The Labute approximate surface area is 194 Å². The van der Waals surface area contributed by atoms with Crippen LogP contribution in [-0.4, -0.2) is 34.0 Å². The van der Waals surface area contributed by atoms with Gasteiger partial charge in [-0.2, -0.15) is 0 Å². The molecule has 0 aliphatic carbocycles. The smallest absolute Gasteiger partial charge is 0.259 e. The summed E-state index contributed by atoms with van der Waals surface area (Å²) in [7, 11) is -1.58. The zero-order chi connectivity index (χ0) is 22.9. The van der Waals surface area contributed by atoms with Crippen LogP contribution in [0.25, 0.3) is 0 Å². The number of benzene rings is 3. The highest BCUT2D eigenvalue weighted by atomic mass is 32.2. The number of likely N-dealkylation sites (tertiary alicyclic amines) is 1. The molecule has 5 nitrogen and oxygen atoms in total. The Balaban J connectivity index is 1.61. The molecule has 5 rings (SSSR count). The fraction of sp³-hybridized carbons (Fsp3) is 0.231. The summed E-state index contributed by atoms with van der Waals surface area (Å²) in [5, 5.41) is 0. The molecule has 1 fully saturated rings. The van der Waals surface area contributed by atoms with Crippen LogP contribution in [0.15, 0.2) is 76.5 Å². The molecule has 0 bridgehead atoms. The van der Waals surface area contributed by atoms with Gasteiger partial charge in [0.2, 0.25) is 0 Å². The van der Waals surface area contributed by atoms with Gasteiger partial charge in [-0.3, -0.25) is 9.59 Å². The third-order valence-electron chi connectivity index (χ3n) is 6.16. The maximum absolute atomic E-state index is 13.6. The highest BCUT2D eigenvalue weighted by Gasteiger charge is 2.32. The molecule has 3 aromatic carbocycles. The monoisotopic (exact) mass is 462 g/mol. The first-order valence-electron chi connectivity index (χ1n) is 11.0. The van der Waals surface area contributed by atoms with Crippen LogP contribution in [0.1, 0.15) is 45.5 Å². The Hall–Kier alpha value is -3.32. The molecular formula is C26H23FN2O3S. The summed E-state index contributed by atoms with van der Waals surface area (Å²) in [4.78, 5) is 31.1. The first-order valence-corrected chi connectivity index (χ1v) is 12.2. The van der Waals surface area contributed by atoms with E-state index >= 15 is 0 Å². The molecule has 33 heavy (non-hydrogen) atoms. The zero-order valence-corrected chi connectivity index (χ0v) is 18.8. The first-order chi connectivity index (χ1) is 16.0. The molecule has 2 amide bonds. The Morgan fingerprint density at radius 1 is 0.909 bits per heavy atom. The number of piperidine rings is 1. The van der Waals surface area contributed by atoms with Crippen LogP contribution in [0.5, 0.6) is 0 Å². The quantitative estimate of drug-likeness (QED) is 0.563. The Kier molecular flexibility index (Phi) is 5.81. The lowest BCUT2D eigenvalue weighted by Gasteiger charge is -2.28. The summed E-state index contributed by atoms with van der Waals surface area (Å²) in [6.45, 7) is 1.59. The summed E-state index contributed by atoms with van der Waals surface area (Å²) in [5.41, 5.74) is 2.00. The number of hydrogen-bond donors (Lipinski definition) is 0. The molecule has 0 saturated carbocycles. The van der Waals surface area contributed by atoms with Gasteiger partial charge in [0.15, 0.2) is 0 Å². The molecule has 0 aromatic heterocycles. The third-order valence-corrected chi connectivity index (χ3v) is 7.66.